The summed E-state index contributed by atoms with van der Waals surface area (Å²) in [6.45, 7) is 3.45. The first-order chi connectivity index (χ1) is 13.0. The van der Waals surface area contributed by atoms with Gasteiger partial charge in [-0.25, -0.2) is 8.42 Å². The second-order valence-corrected chi connectivity index (χ2v) is 9.35. The van der Waals surface area contributed by atoms with Crippen LogP contribution in [-0.2, 0) is 26.0 Å². The van der Waals surface area contributed by atoms with Crippen LogP contribution in [-0.4, -0.2) is 49.9 Å². The summed E-state index contributed by atoms with van der Waals surface area (Å²) in [5, 5.41) is 2.35. The number of hydrogen-bond donors (Lipinski definition) is 0. The van der Waals surface area contributed by atoms with Gasteiger partial charge in [0.05, 0.1) is 18.5 Å². The molecule has 0 spiro atoms. The first-order valence-electron chi connectivity index (χ1n) is 9.55. The Hall–Kier alpha value is -1.92. The summed E-state index contributed by atoms with van der Waals surface area (Å²) < 4.78 is 29.9. The molecule has 0 aliphatic carbocycles. The van der Waals surface area contributed by atoms with Crippen LogP contribution in [0, 0.1) is 0 Å². The highest BCUT2D eigenvalue weighted by Crippen LogP contribution is 2.21. The van der Waals surface area contributed by atoms with E-state index in [0.29, 0.717) is 26.1 Å². The zero-order chi connectivity index (χ0) is 19.3. The Labute approximate surface area is 161 Å². The van der Waals surface area contributed by atoms with Gasteiger partial charge in [0.2, 0.25) is 5.91 Å². The van der Waals surface area contributed by atoms with E-state index >= 15 is 0 Å². The molecule has 0 radical (unpaired) electrons. The third-order valence-electron chi connectivity index (χ3n) is 4.96. The second kappa shape index (κ2) is 8.85. The third-order valence-corrected chi connectivity index (χ3v) is 6.55. The van der Waals surface area contributed by atoms with Gasteiger partial charge >= 0.3 is 0 Å². The first-order valence-corrected chi connectivity index (χ1v) is 11.4. The van der Waals surface area contributed by atoms with Gasteiger partial charge in [-0.3, -0.25) is 4.79 Å². The minimum Gasteiger partial charge on any atom is -0.370 e. The maximum absolute atomic E-state index is 12.2. The summed E-state index contributed by atoms with van der Waals surface area (Å²) in [5.41, 5.74) is 1.12. The number of ether oxygens (including phenoxy) is 1. The van der Waals surface area contributed by atoms with E-state index < -0.39 is 9.84 Å². The Morgan fingerprint density at radius 1 is 1.11 bits per heavy atom. The van der Waals surface area contributed by atoms with Crippen LogP contribution in [0.25, 0.3) is 10.8 Å². The lowest BCUT2D eigenvalue weighted by molar-refractivity contribution is -0.143. The van der Waals surface area contributed by atoms with Crippen molar-refractivity contribution in [2.45, 2.75) is 38.9 Å². The molecule has 0 aromatic heterocycles. The SMILES string of the molecule is CCCCCS(=O)(=O)CC(=O)N1CC(OCc2cccc3ccccc23)C1. The van der Waals surface area contributed by atoms with Crippen LogP contribution in [0.4, 0.5) is 0 Å². The summed E-state index contributed by atoms with van der Waals surface area (Å²) >= 11 is 0. The molecule has 1 heterocycles. The molecule has 6 heteroatoms. The highest BCUT2D eigenvalue weighted by Gasteiger charge is 2.33. The molecule has 1 aliphatic rings. The summed E-state index contributed by atoms with van der Waals surface area (Å²) in [6.07, 6.45) is 2.44. The van der Waals surface area contributed by atoms with Gasteiger partial charge in [-0.1, -0.05) is 62.2 Å². The van der Waals surface area contributed by atoms with E-state index in [1.54, 1.807) is 4.90 Å². The third kappa shape index (κ3) is 5.30. The molecule has 146 valence electrons. The molecule has 0 bridgehead atoms. The normalized spacial score (nSPS) is 15.1. The predicted octanol–water partition coefficient (Wildman–Crippen LogP) is 3.17. The molecular weight excluding hydrogens is 362 g/mol. The summed E-state index contributed by atoms with van der Waals surface area (Å²) in [6, 6.07) is 14.3. The maximum Gasteiger partial charge on any atom is 0.237 e. The van der Waals surface area contributed by atoms with Crippen molar-refractivity contribution in [1.82, 2.24) is 4.90 Å². The fourth-order valence-corrected chi connectivity index (χ4v) is 4.64. The predicted molar refractivity (Wildman–Crippen MR) is 107 cm³/mol. The number of benzene rings is 2. The summed E-state index contributed by atoms with van der Waals surface area (Å²) in [4.78, 5) is 13.7. The lowest BCUT2D eigenvalue weighted by atomic mass is 10.1. The molecule has 1 saturated heterocycles. The van der Waals surface area contributed by atoms with Crippen LogP contribution in [0.2, 0.25) is 0 Å². The Morgan fingerprint density at radius 2 is 1.85 bits per heavy atom. The van der Waals surface area contributed by atoms with E-state index in [2.05, 4.69) is 18.2 Å². The molecule has 0 N–H and O–H groups in total. The van der Waals surface area contributed by atoms with Crippen molar-refractivity contribution in [3.63, 3.8) is 0 Å². The van der Waals surface area contributed by atoms with Crippen molar-refractivity contribution < 1.29 is 17.9 Å². The number of carbonyl (C=O) groups excluding carboxylic acids is 1. The Kier molecular flexibility index (Phi) is 6.50. The number of sulfone groups is 1. The van der Waals surface area contributed by atoms with Gasteiger partial charge < -0.3 is 9.64 Å². The maximum atomic E-state index is 12.2. The van der Waals surface area contributed by atoms with Crippen molar-refractivity contribution >= 4 is 26.5 Å². The Morgan fingerprint density at radius 3 is 2.63 bits per heavy atom. The Balaban J connectivity index is 1.45. The van der Waals surface area contributed by atoms with Crippen LogP contribution in [0.1, 0.15) is 31.7 Å². The standard InChI is InChI=1S/C21H27NO4S/c1-2-3-6-12-27(24,25)16-21(23)22-13-19(14-22)26-15-18-10-7-9-17-8-4-5-11-20(17)18/h4-5,7-11,19H,2-3,6,12-16H2,1H3. The lowest BCUT2D eigenvalue weighted by Gasteiger charge is -2.39. The van der Waals surface area contributed by atoms with Crippen LogP contribution >= 0.6 is 0 Å². The lowest BCUT2D eigenvalue weighted by Crippen LogP contribution is -2.56. The van der Waals surface area contributed by atoms with Gasteiger partial charge in [0.25, 0.3) is 0 Å². The number of unbranched alkanes of at least 4 members (excludes halogenated alkanes) is 2. The fraction of sp³-hybridized carbons (Fsp3) is 0.476. The van der Waals surface area contributed by atoms with Crippen molar-refractivity contribution in [2.24, 2.45) is 0 Å². The molecular formula is C21H27NO4S. The van der Waals surface area contributed by atoms with Crippen molar-refractivity contribution in [3.05, 3.63) is 48.0 Å². The zero-order valence-electron chi connectivity index (χ0n) is 15.8. The second-order valence-electron chi connectivity index (χ2n) is 7.17. The van der Waals surface area contributed by atoms with Gasteiger partial charge in [-0.15, -0.1) is 0 Å². The Bertz CT molecular complexity index is 883. The molecule has 27 heavy (non-hydrogen) atoms. The van der Waals surface area contributed by atoms with Crippen molar-refractivity contribution in [3.8, 4) is 0 Å². The van der Waals surface area contributed by atoms with E-state index in [1.165, 1.54) is 10.8 Å². The number of nitrogens with zero attached hydrogens (tertiary/aromatic N) is 1. The first kappa shape index (κ1) is 19.8. The van der Waals surface area contributed by atoms with Crippen LogP contribution in [0.3, 0.4) is 0 Å². The number of amides is 1. The molecule has 3 rings (SSSR count). The number of carbonyl (C=O) groups is 1. The van der Waals surface area contributed by atoms with Gasteiger partial charge in [-0.05, 0) is 22.8 Å². The molecule has 5 nitrogen and oxygen atoms in total. The van der Waals surface area contributed by atoms with E-state index in [1.807, 2.05) is 31.2 Å². The van der Waals surface area contributed by atoms with Gasteiger partial charge in [-0.2, -0.15) is 0 Å². The molecule has 0 atom stereocenters. The largest absolute Gasteiger partial charge is 0.370 e. The van der Waals surface area contributed by atoms with Crippen molar-refractivity contribution in [1.29, 1.82) is 0 Å². The number of fused-ring (bicyclic) bond motifs is 1. The van der Waals surface area contributed by atoms with Crippen LogP contribution in [0.15, 0.2) is 42.5 Å². The number of hydrogen-bond acceptors (Lipinski definition) is 4. The van der Waals surface area contributed by atoms with E-state index in [4.69, 9.17) is 4.74 Å². The molecule has 2 aromatic carbocycles. The molecule has 0 saturated carbocycles. The van der Waals surface area contributed by atoms with Gasteiger partial charge in [0.15, 0.2) is 9.84 Å². The highest BCUT2D eigenvalue weighted by molar-refractivity contribution is 7.92. The van der Waals surface area contributed by atoms with E-state index in [0.717, 1.165) is 18.4 Å². The summed E-state index contributed by atoms with van der Waals surface area (Å²) in [5.74, 6) is -0.592. The van der Waals surface area contributed by atoms with Crippen LogP contribution < -0.4 is 0 Å². The van der Waals surface area contributed by atoms with E-state index in [9.17, 15) is 13.2 Å². The molecule has 1 aliphatic heterocycles. The zero-order valence-corrected chi connectivity index (χ0v) is 16.6. The topological polar surface area (TPSA) is 63.7 Å². The van der Waals surface area contributed by atoms with Gasteiger partial charge in [0, 0.05) is 13.1 Å². The molecule has 2 aromatic rings. The quantitative estimate of drug-likeness (QED) is 0.618. The van der Waals surface area contributed by atoms with Gasteiger partial charge in [0.1, 0.15) is 5.75 Å². The van der Waals surface area contributed by atoms with Crippen LogP contribution in [0.5, 0.6) is 0 Å². The highest BCUT2D eigenvalue weighted by atomic mass is 32.2. The number of rotatable bonds is 9. The smallest absolute Gasteiger partial charge is 0.237 e. The summed E-state index contributed by atoms with van der Waals surface area (Å²) in [7, 11) is -3.30. The molecule has 1 amide bonds. The number of likely N-dealkylation sites (tertiary alicyclic amines) is 1. The molecule has 0 unspecified atom stereocenters. The molecule has 1 fully saturated rings. The van der Waals surface area contributed by atoms with Crippen molar-refractivity contribution in [2.75, 3.05) is 24.6 Å². The van der Waals surface area contributed by atoms with E-state index in [-0.39, 0.29) is 23.5 Å². The average molecular weight is 390 g/mol. The minimum absolute atomic E-state index is 0.0317. The average Bonchev–Trinajstić information content (AvgIpc) is 2.60. The monoisotopic (exact) mass is 389 g/mol. The fourth-order valence-electron chi connectivity index (χ4n) is 3.30. The minimum atomic E-state index is -3.30.